The van der Waals surface area contributed by atoms with Crippen molar-refractivity contribution in [2.75, 3.05) is 0 Å². The van der Waals surface area contributed by atoms with Gasteiger partial charge in [-0.2, -0.15) is 8.42 Å². The number of halogens is 5. The van der Waals surface area contributed by atoms with Crippen LogP contribution >= 0.6 is 93.0 Å². The van der Waals surface area contributed by atoms with E-state index in [2.05, 4.69) is 47.8 Å². The fourth-order valence-electron chi connectivity index (χ4n) is 4.62. The van der Waals surface area contributed by atoms with Gasteiger partial charge < -0.3 is 9.47 Å². The predicted molar refractivity (Wildman–Crippen MR) is 150 cm³/mol. The van der Waals surface area contributed by atoms with Crippen LogP contribution in [0, 0.1) is 24.9 Å². The number of esters is 2. The normalized spacial score (nSPS) is 23.7. The minimum atomic E-state index is -4.38. The molecule has 0 aromatic heterocycles. The molecule has 0 amide bonds. The van der Waals surface area contributed by atoms with Gasteiger partial charge >= 0.3 is 11.9 Å². The van der Waals surface area contributed by atoms with E-state index < -0.39 is 16.1 Å². The van der Waals surface area contributed by atoms with Crippen LogP contribution in [-0.2, 0) is 19.6 Å². The number of carbonyl (C=O) groups is 2. The van der Waals surface area contributed by atoms with Gasteiger partial charge in [-0.05, 0) is 132 Å². The maximum Gasteiger partial charge on any atom is 0.340 e. The van der Waals surface area contributed by atoms with Crippen molar-refractivity contribution >= 4 is 115 Å². The highest BCUT2D eigenvalue weighted by Gasteiger charge is 2.51. The van der Waals surface area contributed by atoms with E-state index in [1.54, 1.807) is 57.3 Å². The standard InChI is InChI=1S/C21H15Br3I2O7S/c22-10-4-13(23)18(14(24)5-10)21(28)33-17-3-8-1-9(17)2-12(8)20(27)32-11-6-15(25)19(16(26)7-11)34(29,30)31/h4-9,12,17H,1-3H2,(H,29,30,31). The lowest BCUT2D eigenvalue weighted by atomic mass is 9.87. The Morgan fingerprint density at radius 1 is 0.941 bits per heavy atom. The molecule has 34 heavy (non-hydrogen) atoms. The van der Waals surface area contributed by atoms with Gasteiger partial charge in [0.05, 0.1) is 11.5 Å². The molecule has 182 valence electrons. The number of hydrogen-bond acceptors (Lipinski definition) is 6. The van der Waals surface area contributed by atoms with Crippen LogP contribution in [0.15, 0.2) is 42.6 Å². The summed E-state index contributed by atoms with van der Waals surface area (Å²) in [5, 5.41) is 0. The number of ether oxygens (including phenoxy) is 2. The molecule has 2 aromatic carbocycles. The summed E-state index contributed by atoms with van der Waals surface area (Å²) < 4.78 is 46.4. The van der Waals surface area contributed by atoms with Crippen molar-refractivity contribution in [1.29, 1.82) is 0 Å². The van der Waals surface area contributed by atoms with Gasteiger partial charge in [0.25, 0.3) is 10.1 Å². The molecule has 0 saturated heterocycles. The topological polar surface area (TPSA) is 107 Å². The average molecular weight is 905 g/mol. The lowest BCUT2D eigenvalue weighted by Gasteiger charge is -2.27. The van der Waals surface area contributed by atoms with Crippen molar-refractivity contribution in [3.8, 4) is 5.75 Å². The summed E-state index contributed by atoms with van der Waals surface area (Å²) in [5.41, 5.74) is 0.416. The zero-order valence-corrected chi connectivity index (χ0v) is 26.8. The molecule has 4 unspecified atom stereocenters. The molecule has 0 spiro atoms. The third-order valence-corrected chi connectivity index (χ3v) is 11.1. The zero-order chi connectivity index (χ0) is 24.9. The van der Waals surface area contributed by atoms with Crippen LogP contribution in [0.4, 0.5) is 0 Å². The Labute approximate surface area is 248 Å². The van der Waals surface area contributed by atoms with E-state index in [1.165, 1.54) is 12.1 Å². The average Bonchev–Trinajstić information content (AvgIpc) is 3.25. The lowest BCUT2D eigenvalue weighted by Crippen LogP contribution is -2.32. The molecule has 2 aliphatic rings. The van der Waals surface area contributed by atoms with Crippen molar-refractivity contribution < 1.29 is 32.0 Å². The SMILES string of the molecule is O=C(OC1CC2CC1CC2C(=O)Oc1cc(I)c(S(=O)(=O)O)c(I)c1)c1c(Br)cc(Br)cc1Br. The van der Waals surface area contributed by atoms with Gasteiger partial charge in [-0.15, -0.1) is 0 Å². The first-order valence-electron chi connectivity index (χ1n) is 9.89. The van der Waals surface area contributed by atoms with Crippen molar-refractivity contribution in [2.45, 2.75) is 30.3 Å². The van der Waals surface area contributed by atoms with Gasteiger partial charge in [0.2, 0.25) is 0 Å². The van der Waals surface area contributed by atoms with E-state index in [1.807, 2.05) is 0 Å². The zero-order valence-electron chi connectivity index (χ0n) is 16.9. The van der Waals surface area contributed by atoms with Crippen LogP contribution in [0.25, 0.3) is 0 Å². The minimum Gasteiger partial charge on any atom is -0.458 e. The molecule has 0 radical (unpaired) electrons. The Kier molecular flexibility index (Phi) is 8.42. The van der Waals surface area contributed by atoms with E-state index in [0.29, 0.717) is 27.4 Å². The molecule has 4 atom stereocenters. The van der Waals surface area contributed by atoms with Gasteiger partial charge in [0, 0.05) is 20.6 Å². The molecule has 0 heterocycles. The Morgan fingerprint density at radius 3 is 2.03 bits per heavy atom. The van der Waals surface area contributed by atoms with Crippen molar-refractivity contribution in [3.63, 3.8) is 0 Å². The van der Waals surface area contributed by atoms with Crippen LogP contribution in [0.3, 0.4) is 0 Å². The van der Waals surface area contributed by atoms with Crippen molar-refractivity contribution in [2.24, 2.45) is 17.8 Å². The molecule has 2 bridgehead atoms. The second-order valence-corrected chi connectivity index (χ2v) is 14.4. The largest absolute Gasteiger partial charge is 0.458 e. The first-order valence-corrected chi connectivity index (χ1v) is 15.9. The Morgan fingerprint density at radius 2 is 1.53 bits per heavy atom. The van der Waals surface area contributed by atoms with Gasteiger partial charge in [-0.25, -0.2) is 4.79 Å². The van der Waals surface area contributed by atoms with Crippen molar-refractivity contribution in [1.82, 2.24) is 0 Å². The summed E-state index contributed by atoms with van der Waals surface area (Å²) in [6.07, 6.45) is 1.65. The summed E-state index contributed by atoms with van der Waals surface area (Å²) in [6.45, 7) is 0. The molecule has 0 aliphatic heterocycles. The fourth-order valence-corrected chi connectivity index (χ4v) is 11.2. The Balaban J connectivity index is 1.40. The smallest absolute Gasteiger partial charge is 0.340 e. The third-order valence-electron chi connectivity index (χ3n) is 6.01. The molecule has 2 aromatic rings. The number of carbonyl (C=O) groups excluding carboxylic acids is 2. The molecular formula is C21H15Br3I2O7S. The summed E-state index contributed by atoms with van der Waals surface area (Å²) in [5.74, 6) is -0.790. The first kappa shape index (κ1) is 27.2. The highest BCUT2D eigenvalue weighted by molar-refractivity contribution is 14.1. The van der Waals surface area contributed by atoms with E-state index in [-0.39, 0.29) is 47.6 Å². The van der Waals surface area contributed by atoms with Gasteiger partial charge in [-0.1, -0.05) is 15.9 Å². The minimum absolute atomic E-state index is 0.0438. The summed E-state index contributed by atoms with van der Waals surface area (Å²) in [7, 11) is -4.38. The highest BCUT2D eigenvalue weighted by Crippen LogP contribution is 2.50. The van der Waals surface area contributed by atoms with Gasteiger partial charge in [-0.3, -0.25) is 9.35 Å². The van der Waals surface area contributed by atoms with Gasteiger partial charge in [0.15, 0.2) is 0 Å². The predicted octanol–water partition coefficient (Wildman–Crippen LogP) is 6.61. The van der Waals surface area contributed by atoms with E-state index in [0.717, 1.165) is 10.9 Å². The number of benzene rings is 2. The van der Waals surface area contributed by atoms with Crippen LogP contribution in [0.5, 0.6) is 5.75 Å². The maximum atomic E-state index is 12.9. The van der Waals surface area contributed by atoms with E-state index in [4.69, 9.17) is 9.47 Å². The highest BCUT2D eigenvalue weighted by atomic mass is 127. The molecule has 4 rings (SSSR count). The number of hydrogen-bond donors (Lipinski definition) is 1. The molecule has 2 saturated carbocycles. The monoisotopic (exact) mass is 902 g/mol. The molecular weight excluding hydrogens is 890 g/mol. The Bertz CT molecular complexity index is 1260. The molecule has 2 aliphatic carbocycles. The number of fused-ring (bicyclic) bond motifs is 2. The van der Waals surface area contributed by atoms with Crippen LogP contribution in [0.1, 0.15) is 29.6 Å². The molecule has 1 N–H and O–H groups in total. The summed E-state index contributed by atoms with van der Waals surface area (Å²) in [4.78, 5) is 25.5. The van der Waals surface area contributed by atoms with Gasteiger partial charge in [0.1, 0.15) is 16.7 Å². The second-order valence-electron chi connectivity index (χ2n) is 8.13. The quantitative estimate of drug-likeness (QED) is 0.156. The van der Waals surface area contributed by atoms with Crippen LogP contribution < -0.4 is 4.74 Å². The van der Waals surface area contributed by atoms with E-state index >= 15 is 0 Å². The Hall–Kier alpha value is 0.190. The molecule has 2 fully saturated rings. The summed E-state index contributed by atoms with van der Waals surface area (Å²) >= 11 is 13.8. The van der Waals surface area contributed by atoms with Crippen LogP contribution in [-0.4, -0.2) is 31.0 Å². The molecule has 7 nitrogen and oxygen atoms in total. The second kappa shape index (κ2) is 10.5. The van der Waals surface area contributed by atoms with Crippen molar-refractivity contribution in [3.05, 3.63) is 50.4 Å². The van der Waals surface area contributed by atoms with E-state index in [9.17, 15) is 22.6 Å². The molecule has 13 heteroatoms. The van der Waals surface area contributed by atoms with Crippen LogP contribution in [0.2, 0.25) is 0 Å². The summed E-state index contributed by atoms with van der Waals surface area (Å²) in [6, 6.07) is 6.38. The first-order chi connectivity index (χ1) is 15.8. The third kappa shape index (κ3) is 5.69. The number of rotatable bonds is 5. The lowest BCUT2D eigenvalue weighted by molar-refractivity contribution is -0.141. The fraction of sp³-hybridized carbons (Fsp3) is 0.333. The maximum absolute atomic E-state index is 12.9.